The van der Waals surface area contributed by atoms with Gasteiger partial charge in [-0.25, -0.2) is 0 Å². The maximum Gasteiger partial charge on any atom is 0.291 e. The second-order valence-corrected chi connectivity index (χ2v) is 6.02. The van der Waals surface area contributed by atoms with Crippen LogP contribution in [0.2, 0.25) is 0 Å². The number of benzene rings is 1. The first kappa shape index (κ1) is 19.5. The van der Waals surface area contributed by atoms with Gasteiger partial charge in [0.2, 0.25) is 5.91 Å². The first-order chi connectivity index (χ1) is 13.9. The van der Waals surface area contributed by atoms with Gasteiger partial charge >= 0.3 is 0 Å². The molecule has 10 heteroatoms. The number of rotatable bonds is 7. The van der Waals surface area contributed by atoms with Crippen LogP contribution in [0.25, 0.3) is 0 Å². The van der Waals surface area contributed by atoms with Gasteiger partial charge in [0.05, 0.1) is 17.4 Å². The molecule has 2 N–H and O–H groups in total. The first-order valence-corrected chi connectivity index (χ1v) is 8.48. The topological polar surface area (TPSA) is 136 Å². The van der Waals surface area contributed by atoms with Crippen LogP contribution in [0, 0.1) is 10.1 Å². The maximum atomic E-state index is 12.1. The summed E-state index contributed by atoms with van der Waals surface area (Å²) in [5, 5.41) is 16.1. The van der Waals surface area contributed by atoms with Crippen LogP contribution in [0.1, 0.15) is 16.1 Å². The first-order valence-electron chi connectivity index (χ1n) is 8.48. The number of furan rings is 1. The van der Waals surface area contributed by atoms with Crippen molar-refractivity contribution in [3.63, 3.8) is 0 Å². The largest absolute Gasteiger partial charge is 0.459 e. The highest BCUT2D eigenvalue weighted by molar-refractivity contribution is 6.02. The van der Waals surface area contributed by atoms with E-state index < -0.39 is 16.4 Å². The molecule has 0 fully saturated rings. The third-order valence-electron chi connectivity index (χ3n) is 3.94. The van der Waals surface area contributed by atoms with E-state index in [9.17, 15) is 24.5 Å². The Hall–Kier alpha value is -4.21. The lowest BCUT2D eigenvalue weighted by Crippen LogP contribution is -2.31. The second kappa shape index (κ2) is 8.65. The van der Waals surface area contributed by atoms with Gasteiger partial charge in [0.15, 0.2) is 5.76 Å². The number of nitrogens with one attached hydrogen (secondary N) is 2. The Morgan fingerprint density at radius 1 is 1.10 bits per heavy atom. The van der Waals surface area contributed by atoms with Crippen LogP contribution in [-0.4, -0.2) is 21.3 Å². The Bertz CT molecular complexity index is 1090. The monoisotopic (exact) mass is 396 g/mol. The summed E-state index contributed by atoms with van der Waals surface area (Å²) in [6, 6.07) is 12.1. The highest BCUT2D eigenvalue weighted by Crippen LogP contribution is 2.12. The van der Waals surface area contributed by atoms with Crippen LogP contribution in [0.3, 0.4) is 0 Å². The van der Waals surface area contributed by atoms with E-state index in [4.69, 9.17) is 4.42 Å². The van der Waals surface area contributed by atoms with E-state index in [0.717, 1.165) is 28.5 Å². The number of carbonyl (C=O) groups excluding carboxylic acids is 2. The Morgan fingerprint density at radius 3 is 2.52 bits per heavy atom. The zero-order valence-electron chi connectivity index (χ0n) is 15.0. The second-order valence-electron chi connectivity index (χ2n) is 6.02. The molecule has 2 heterocycles. The quantitative estimate of drug-likeness (QED) is 0.462. The number of pyridine rings is 1. The van der Waals surface area contributed by atoms with E-state index in [1.165, 1.54) is 6.26 Å². The fraction of sp³-hybridized carbons (Fsp3) is 0.105. The predicted octanol–water partition coefficient (Wildman–Crippen LogP) is 1.92. The Morgan fingerprint density at radius 2 is 1.86 bits per heavy atom. The van der Waals surface area contributed by atoms with Crippen molar-refractivity contribution in [2.45, 2.75) is 13.1 Å². The average molecular weight is 396 g/mol. The van der Waals surface area contributed by atoms with Crippen molar-refractivity contribution in [1.82, 2.24) is 9.88 Å². The number of hydrogen-bond acceptors (Lipinski definition) is 6. The van der Waals surface area contributed by atoms with Gasteiger partial charge in [0.25, 0.3) is 17.2 Å². The summed E-state index contributed by atoms with van der Waals surface area (Å²) >= 11 is 0. The highest BCUT2D eigenvalue weighted by atomic mass is 16.6. The molecule has 0 aliphatic carbocycles. The molecule has 0 saturated heterocycles. The van der Waals surface area contributed by atoms with E-state index >= 15 is 0 Å². The molecular weight excluding hydrogens is 380 g/mol. The summed E-state index contributed by atoms with van der Waals surface area (Å²) in [7, 11) is 0. The lowest BCUT2D eigenvalue weighted by atomic mass is 10.2. The Kier molecular flexibility index (Phi) is 5.83. The third-order valence-corrected chi connectivity index (χ3v) is 3.94. The lowest BCUT2D eigenvalue weighted by molar-refractivity contribution is -0.385. The minimum atomic E-state index is -0.639. The smallest absolute Gasteiger partial charge is 0.291 e. The van der Waals surface area contributed by atoms with Crippen molar-refractivity contribution in [2.24, 2.45) is 0 Å². The van der Waals surface area contributed by atoms with Gasteiger partial charge in [-0.3, -0.25) is 29.1 Å². The normalized spacial score (nSPS) is 10.3. The molecule has 1 aromatic carbocycles. The number of nitrogens with zero attached hydrogens (tertiary/aromatic N) is 2. The van der Waals surface area contributed by atoms with E-state index in [1.54, 1.807) is 36.4 Å². The minimum absolute atomic E-state index is 0.189. The molecule has 0 spiro atoms. The van der Waals surface area contributed by atoms with Gasteiger partial charge < -0.3 is 15.1 Å². The van der Waals surface area contributed by atoms with Crippen LogP contribution in [-0.2, 0) is 17.9 Å². The molecular formula is C19H16N4O6. The van der Waals surface area contributed by atoms with E-state index in [1.807, 2.05) is 0 Å². The molecule has 2 amide bonds. The van der Waals surface area contributed by atoms with Gasteiger partial charge in [-0.15, -0.1) is 0 Å². The molecule has 0 aliphatic rings. The van der Waals surface area contributed by atoms with E-state index in [0.29, 0.717) is 5.69 Å². The molecule has 0 unspecified atom stereocenters. The van der Waals surface area contributed by atoms with Gasteiger partial charge in [-0.05, 0) is 29.8 Å². The van der Waals surface area contributed by atoms with Crippen LogP contribution < -0.4 is 16.2 Å². The summed E-state index contributed by atoms with van der Waals surface area (Å²) in [6.07, 6.45) is 2.43. The van der Waals surface area contributed by atoms with Crippen LogP contribution in [0.5, 0.6) is 0 Å². The third kappa shape index (κ3) is 5.16. The molecule has 10 nitrogen and oxygen atoms in total. The number of aromatic nitrogens is 1. The van der Waals surface area contributed by atoms with E-state index in [-0.39, 0.29) is 30.4 Å². The fourth-order valence-electron chi connectivity index (χ4n) is 2.47. The Balaban J connectivity index is 1.54. The number of amides is 2. The minimum Gasteiger partial charge on any atom is -0.459 e. The predicted molar refractivity (Wildman–Crippen MR) is 102 cm³/mol. The van der Waals surface area contributed by atoms with Crippen LogP contribution in [0.15, 0.2) is 70.2 Å². The summed E-state index contributed by atoms with van der Waals surface area (Å²) < 4.78 is 5.99. The molecule has 0 atom stereocenters. The molecule has 2 aromatic heterocycles. The molecule has 3 rings (SSSR count). The SMILES string of the molecule is O=C(Cn1cc([N+](=O)[O-])ccc1=O)NCc1ccc(NC(=O)c2ccco2)cc1. The van der Waals surface area contributed by atoms with Gasteiger partial charge in [0.1, 0.15) is 6.54 Å². The lowest BCUT2D eigenvalue weighted by Gasteiger charge is -2.08. The summed E-state index contributed by atoms with van der Waals surface area (Å²) in [4.78, 5) is 45.8. The Labute approximate surface area is 163 Å². The van der Waals surface area contributed by atoms with Crippen molar-refractivity contribution < 1.29 is 18.9 Å². The molecule has 3 aromatic rings. The zero-order chi connectivity index (χ0) is 20.8. The molecule has 0 radical (unpaired) electrons. The number of hydrogen-bond donors (Lipinski definition) is 2. The standard InChI is InChI=1S/C19H16N4O6/c24-17(12-22-11-15(23(27)28)7-8-18(22)25)20-10-13-3-5-14(6-4-13)21-19(26)16-2-1-9-29-16/h1-9,11H,10,12H2,(H,20,24)(H,21,26). The van der Waals surface area contributed by atoms with Gasteiger partial charge in [0, 0.05) is 24.4 Å². The summed E-state index contributed by atoms with van der Waals surface area (Å²) in [5.74, 6) is -0.654. The van der Waals surface area contributed by atoms with Crippen molar-refractivity contribution in [3.05, 3.63) is 92.8 Å². The highest BCUT2D eigenvalue weighted by Gasteiger charge is 2.11. The van der Waals surface area contributed by atoms with E-state index in [2.05, 4.69) is 10.6 Å². The number of carbonyl (C=O) groups is 2. The number of nitro groups is 1. The summed E-state index contributed by atoms with van der Waals surface area (Å²) in [5.41, 5.74) is 0.539. The fourth-order valence-corrected chi connectivity index (χ4v) is 2.47. The number of anilines is 1. The van der Waals surface area contributed by atoms with Crippen LogP contribution in [0.4, 0.5) is 11.4 Å². The molecule has 0 bridgehead atoms. The molecule has 0 aliphatic heterocycles. The molecule has 0 saturated carbocycles. The van der Waals surface area contributed by atoms with Crippen molar-refractivity contribution in [1.29, 1.82) is 0 Å². The van der Waals surface area contributed by atoms with Crippen LogP contribution >= 0.6 is 0 Å². The summed E-state index contributed by atoms with van der Waals surface area (Å²) in [6.45, 7) is -0.146. The molecule has 29 heavy (non-hydrogen) atoms. The molecule has 148 valence electrons. The zero-order valence-corrected chi connectivity index (χ0v) is 15.0. The average Bonchev–Trinajstić information content (AvgIpc) is 3.24. The van der Waals surface area contributed by atoms with Crippen molar-refractivity contribution >= 4 is 23.2 Å². The van der Waals surface area contributed by atoms with Gasteiger partial charge in [-0.1, -0.05) is 12.1 Å². The van der Waals surface area contributed by atoms with Crippen molar-refractivity contribution in [3.8, 4) is 0 Å². The maximum absolute atomic E-state index is 12.1. The van der Waals surface area contributed by atoms with Crippen molar-refractivity contribution in [2.75, 3.05) is 5.32 Å². The van der Waals surface area contributed by atoms with Gasteiger partial charge in [-0.2, -0.15) is 0 Å².